The summed E-state index contributed by atoms with van der Waals surface area (Å²) < 4.78 is 0. The van der Waals surface area contributed by atoms with E-state index in [1.165, 1.54) is 33.8 Å². The number of hydrogen-bond acceptors (Lipinski definition) is 3. The van der Waals surface area contributed by atoms with E-state index < -0.39 is 0 Å². The highest BCUT2D eigenvalue weighted by molar-refractivity contribution is 7.99. The van der Waals surface area contributed by atoms with Crippen LogP contribution in [0.5, 0.6) is 0 Å². The van der Waals surface area contributed by atoms with Gasteiger partial charge >= 0.3 is 0 Å². The summed E-state index contributed by atoms with van der Waals surface area (Å²) >= 11 is 1.92. The van der Waals surface area contributed by atoms with Crippen LogP contribution in [0.2, 0.25) is 0 Å². The van der Waals surface area contributed by atoms with Gasteiger partial charge in [-0.15, -0.1) is 11.8 Å². The second kappa shape index (κ2) is 3.56. The SMILES string of the molecule is ON=C1CCCc2cc3c(cc21)SCC3. The van der Waals surface area contributed by atoms with E-state index >= 15 is 0 Å². The number of benzene rings is 1. The fourth-order valence-electron chi connectivity index (χ4n) is 2.44. The van der Waals surface area contributed by atoms with Crippen molar-refractivity contribution in [1.29, 1.82) is 0 Å². The Morgan fingerprint density at radius 3 is 2.93 bits per heavy atom. The molecule has 1 aromatic carbocycles. The van der Waals surface area contributed by atoms with Crippen LogP contribution in [-0.4, -0.2) is 16.7 Å². The second-order valence-electron chi connectivity index (χ2n) is 4.12. The molecule has 0 unspecified atom stereocenters. The van der Waals surface area contributed by atoms with Gasteiger partial charge in [0, 0.05) is 16.2 Å². The van der Waals surface area contributed by atoms with Crippen molar-refractivity contribution in [1.82, 2.24) is 0 Å². The topological polar surface area (TPSA) is 32.6 Å². The molecule has 1 aliphatic carbocycles. The maximum atomic E-state index is 8.97. The van der Waals surface area contributed by atoms with Gasteiger partial charge in [0.25, 0.3) is 0 Å². The van der Waals surface area contributed by atoms with Crippen LogP contribution in [-0.2, 0) is 12.8 Å². The van der Waals surface area contributed by atoms with Crippen molar-refractivity contribution in [3.05, 3.63) is 28.8 Å². The quantitative estimate of drug-likeness (QED) is 0.537. The molecular formula is C12H13NOS. The van der Waals surface area contributed by atoms with E-state index in [4.69, 9.17) is 5.21 Å². The molecule has 0 aromatic heterocycles. The smallest absolute Gasteiger partial charge is 0.0871 e. The van der Waals surface area contributed by atoms with Crippen LogP contribution in [0, 0.1) is 0 Å². The summed E-state index contributed by atoms with van der Waals surface area (Å²) in [6, 6.07) is 4.53. The summed E-state index contributed by atoms with van der Waals surface area (Å²) in [6.07, 6.45) is 4.34. The first-order valence-corrected chi connectivity index (χ1v) is 6.37. The Morgan fingerprint density at radius 1 is 1.13 bits per heavy atom. The molecule has 1 heterocycles. The highest BCUT2D eigenvalue weighted by Gasteiger charge is 2.20. The zero-order valence-electron chi connectivity index (χ0n) is 8.49. The first-order chi connectivity index (χ1) is 7.38. The second-order valence-corrected chi connectivity index (χ2v) is 5.25. The summed E-state index contributed by atoms with van der Waals surface area (Å²) in [6.45, 7) is 0. The maximum Gasteiger partial charge on any atom is 0.0871 e. The summed E-state index contributed by atoms with van der Waals surface area (Å²) in [7, 11) is 0. The third kappa shape index (κ3) is 1.46. The average molecular weight is 219 g/mol. The zero-order chi connectivity index (χ0) is 10.3. The van der Waals surface area contributed by atoms with Gasteiger partial charge in [-0.3, -0.25) is 0 Å². The Balaban J connectivity index is 2.16. The van der Waals surface area contributed by atoms with Gasteiger partial charge in [0.1, 0.15) is 0 Å². The Hall–Kier alpha value is -0.960. The van der Waals surface area contributed by atoms with Gasteiger partial charge in [-0.25, -0.2) is 0 Å². The molecule has 0 radical (unpaired) electrons. The number of nitrogens with zero attached hydrogens (tertiary/aromatic N) is 1. The van der Waals surface area contributed by atoms with Crippen molar-refractivity contribution in [2.75, 3.05) is 5.75 Å². The molecule has 0 fully saturated rings. The molecule has 1 aliphatic heterocycles. The average Bonchev–Trinajstić information content (AvgIpc) is 2.72. The van der Waals surface area contributed by atoms with Crippen LogP contribution in [0.1, 0.15) is 29.5 Å². The molecule has 1 N–H and O–H groups in total. The lowest BCUT2D eigenvalue weighted by atomic mass is 9.88. The Kier molecular flexibility index (Phi) is 2.20. The van der Waals surface area contributed by atoms with Crippen molar-refractivity contribution in [2.24, 2.45) is 5.16 Å². The monoisotopic (exact) mass is 219 g/mol. The minimum Gasteiger partial charge on any atom is -0.411 e. The van der Waals surface area contributed by atoms with Crippen molar-refractivity contribution in [3.63, 3.8) is 0 Å². The lowest BCUT2D eigenvalue weighted by Crippen LogP contribution is -2.12. The molecule has 15 heavy (non-hydrogen) atoms. The molecule has 0 saturated carbocycles. The first-order valence-electron chi connectivity index (χ1n) is 5.38. The van der Waals surface area contributed by atoms with Crippen LogP contribution < -0.4 is 0 Å². The lowest BCUT2D eigenvalue weighted by Gasteiger charge is -2.18. The van der Waals surface area contributed by atoms with Gasteiger partial charge in [0.2, 0.25) is 0 Å². The van der Waals surface area contributed by atoms with E-state index in [2.05, 4.69) is 17.3 Å². The fraction of sp³-hybridized carbons (Fsp3) is 0.417. The Morgan fingerprint density at radius 2 is 2.07 bits per heavy atom. The molecule has 2 nitrogen and oxygen atoms in total. The molecule has 3 rings (SSSR count). The fourth-order valence-corrected chi connectivity index (χ4v) is 3.53. The number of hydrogen-bond donors (Lipinski definition) is 1. The van der Waals surface area contributed by atoms with Crippen LogP contribution in [0.15, 0.2) is 22.2 Å². The normalized spacial score (nSPS) is 21.5. The summed E-state index contributed by atoms with van der Waals surface area (Å²) in [4.78, 5) is 1.39. The molecule has 0 atom stereocenters. The molecule has 0 saturated heterocycles. The standard InChI is InChI=1S/C12H13NOS/c14-13-11-3-1-2-8-6-9-4-5-15-12(9)7-10(8)11/h6-7,14H,1-5H2. The number of rotatable bonds is 0. The van der Waals surface area contributed by atoms with Gasteiger partial charge < -0.3 is 5.21 Å². The lowest BCUT2D eigenvalue weighted by molar-refractivity contribution is 0.317. The highest BCUT2D eigenvalue weighted by Crippen LogP contribution is 2.35. The van der Waals surface area contributed by atoms with Gasteiger partial charge in [0.15, 0.2) is 0 Å². The van der Waals surface area contributed by atoms with Crippen LogP contribution in [0.4, 0.5) is 0 Å². The molecule has 1 aromatic rings. The first kappa shape index (κ1) is 9.28. The molecule has 2 aliphatic rings. The van der Waals surface area contributed by atoms with Crippen LogP contribution in [0.3, 0.4) is 0 Å². The molecule has 0 spiro atoms. The van der Waals surface area contributed by atoms with Gasteiger partial charge in [0.05, 0.1) is 5.71 Å². The summed E-state index contributed by atoms with van der Waals surface area (Å²) in [5.41, 5.74) is 4.90. The van der Waals surface area contributed by atoms with Gasteiger partial charge in [-0.1, -0.05) is 11.2 Å². The van der Waals surface area contributed by atoms with E-state index in [0.29, 0.717) is 0 Å². The molecule has 78 valence electrons. The van der Waals surface area contributed by atoms with Crippen LogP contribution >= 0.6 is 11.8 Å². The van der Waals surface area contributed by atoms with E-state index in [9.17, 15) is 0 Å². The largest absolute Gasteiger partial charge is 0.411 e. The van der Waals surface area contributed by atoms with Crippen LogP contribution in [0.25, 0.3) is 0 Å². The minimum absolute atomic E-state index is 0.867. The predicted molar refractivity (Wildman–Crippen MR) is 62.1 cm³/mol. The third-order valence-corrected chi connectivity index (χ3v) is 4.31. The molecule has 0 bridgehead atoms. The summed E-state index contributed by atoms with van der Waals surface area (Å²) in [5.74, 6) is 1.20. The minimum atomic E-state index is 0.867. The molecule has 3 heteroatoms. The Bertz CT molecular complexity index is 439. The highest BCUT2D eigenvalue weighted by atomic mass is 32.2. The van der Waals surface area contributed by atoms with E-state index in [-0.39, 0.29) is 0 Å². The number of aryl methyl sites for hydroxylation is 2. The van der Waals surface area contributed by atoms with Crippen molar-refractivity contribution < 1.29 is 5.21 Å². The number of thioether (sulfide) groups is 1. The molecular weight excluding hydrogens is 206 g/mol. The summed E-state index contributed by atoms with van der Waals surface area (Å²) in [5, 5.41) is 12.4. The van der Waals surface area contributed by atoms with E-state index in [1.807, 2.05) is 11.8 Å². The molecule has 0 amide bonds. The number of oxime groups is 1. The predicted octanol–water partition coefficient (Wildman–Crippen LogP) is 2.85. The number of fused-ring (bicyclic) bond motifs is 2. The van der Waals surface area contributed by atoms with E-state index in [1.54, 1.807) is 0 Å². The zero-order valence-corrected chi connectivity index (χ0v) is 9.31. The van der Waals surface area contributed by atoms with Crippen molar-refractivity contribution in [3.8, 4) is 0 Å². The van der Waals surface area contributed by atoms with Crippen molar-refractivity contribution in [2.45, 2.75) is 30.6 Å². The van der Waals surface area contributed by atoms with Gasteiger partial charge in [-0.2, -0.15) is 0 Å². The maximum absolute atomic E-state index is 8.97. The van der Waals surface area contributed by atoms with Crippen molar-refractivity contribution >= 4 is 17.5 Å². The third-order valence-electron chi connectivity index (χ3n) is 3.21. The van der Waals surface area contributed by atoms with E-state index in [0.717, 1.165) is 25.0 Å². The Labute approximate surface area is 93.4 Å². The van der Waals surface area contributed by atoms with Gasteiger partial charge in [-0.05, 0) is 42.9 Å².